The Labute approximate surface area is 102 Å². The van der Waals surface area contributed by atoms with Crippen LogP contribution in [0.15, 0.2) is 36.9 Å². The molecule has 0 unspecified atom stereocenters. The number of rotatable bonds is 4. The monoisotopic (exact) mass is 248 g/mol. The second-order valence-electron chi connectivity index (χ2n) is 3.49. The maximum atomic E-state index is 13.5. The minimum Gasteiger partial charge on any atom is -0.373 e. The molecule has 6 nitrogen and oxygen atoms in total. The lowest BCUT2D eigenvalue weighted by Gasteiger charge is -2.07. The molecule has 1 aromatic carbocycles. The third-order valence-electron chi connectivity index (χ3n) is 2.27. The molecule has 0 fully saturated rings. The number of nitrogens with one attached hydrogen (secondary N) is 1. The fourth-order valence-electron chi connectivity index (χ4n) is 1.45. The largest absolute Gasteiger partial charge is 0.373 e. The van der Waals surface area contributed by atoms with Crippen LogP contribution in [-0.4, -0.2) is 14.9 Å². The molecule has 1 aromatic heterocycles. The topological polar surface area (TPSA) is 81.0 Å². The van der Waals surface area contributed by atoms with E-state index in [1.807, 2.05) is 0 Å². The average Bonchev–Trinajstić information content (AvgIpc) is 2.38. The summed E-state index contributed by atoms with van der Waals surface area (Å²) < 4.78 is 13.5. The molecule has 1 N–H and O–H groups in total. The van der Waals surface area contributed by atoms with Crippen LogP contribution in [0.3, 0.4) is 0 Å². The van der Waals surface area contributed by atoms with Crippen molar-refractivity contribution >= 4 is 11.4 Å². The van der Waals surface area contributed by atoms with Gasteiger partial charge >= 0.3 is 0 Å². The van der Waals surface area contributed by atoms with E-state index >= 15 is 0 Å². The van der Waals surface area contributed by atoms with Crippen molar-refractivity contribution in [1.29, 1.82) is 0 Å². The third kappa shape index (κ3) is 2.57. The summed E-state index contributed by atoms with van der Waals surface area (Å²) in [7, 11) is 0. The number of nitro groups is 1. The van der Waals surface area contributed by atoms with Gasteiger partial charge in [-0.3, -0.25) is 10.1 Å². The van der Waals surface area contributed by atoms with Crippen molar-refractivity contribution in [3.05, 3.63) is 58.4 Å². The smallest absolute Gasteiger partial charge is 0.295 e. The lowest BCUT2D eigenvalue weighted by atomic mass is 10.2. The van der Waals surface area contributed by atoms with Gasteiger partial charge in [-0.05, 0) is 6.07 Å². The quantitative estimate of drug-likeness (QED) is 0.662. The molecule has 18 heavy (non-hydrogen) atoms. The van der Waals surface area contributed by atoms with Crippen molar-refractivity contribution < 1.29 is 9.31 Å². The van der Waals surface area contributed by atoms with Gasteiger partial charge in [-0.1, -0.05) is 6.07 Å². The fraction of sp³-hybridized carbons (Fsp3) is 0.0909. The Hall–Kier alpha value is -2.57. The van der Waals surface area contributed by atoms with E-state index in [1.54, 1.807) is 12.4 Å². The van der Waals surface area contributed by atoms with E-state index in [0.717, 1.165) is 6.07 Å². The first-order chi connectivity index (χ1) is 8.68. The Morgan fingerprint density at radius 3 is 2.72 bits per heavy atom. The molecule has 7 heteroatoms. The maximum absolute atomic E-state index is 13.5. The maximum Gasteiger partial charge on any atom is 0.295 e. The molecule has 1 heterocycles. The molecule has 92 valence electrons. The second kappa shape index (κ2) is 5.17. The van der Waals surface area contributed by atoms with Gasteiger partial charge < -0.3 is 5.32 Å². The molecule has 0 spiro atoms. The SMILES string of the molecule is O=[N+]([O-])c1cccc(F)c1NCc1cncnc1. The summed E-state index contributed by atoms with van der Waals surface area (Å²) in [6.45, 7) is 0.211. The van der Waals surface area contributed by atoms with Crippen molar-refractivity contribution in [2.45, 2.75) is 6.54 Å². The predicted molar refractivity (Wildman–Crippen MR) is 62.4 cm³/mol. The highest BCUT2D eigenvalue weighted by Gasteiger charge is 2.17. The Balaban J connectivity index is 2.21. The number of hydrogen-bond donors (Lipinski definition) is 1. The number of nitro benzene ring substituents is 1. The molecule has 2 rings (SSSR count). The molecule has 0 aliphatic carbocycles. The third-order valence-corrected chi connectivity index (χ3v) is 2.27. The molecule has 0 aliphatic rings. The number of hydrogen-bond acceptors (Lipinski definition) is 5. The minimum absolute atomic E-state index is 0.133. The summed E-state index contributed by atoms with van der Waals surface area (Å²) in [6.07, 6.45) is 4.47. The average molecular weight is 248 g/mol. The van der Waals surface area contributed by atoms with Crippen LogP contribution < -0.4 is 5.32 Å². The van der Waals surface area contributed by atoms with Crippen LogP contribution in [0.1, 0.15) is 5.56 Å². The molecular weight excluding hydrogens is 239 g/mol. The Morgan fingerprint density at radius 2 is 2.06 bits per heavy atom. The molecular formula is C11H9FN4O2. The number of halogens is 1. The van der Waals surface area contributed by atoms with Gasteiger partial charge in [-0.15, -0.1) is 0 Å². The summed E-state index contributed by atoms with van der Waals surface area (Å²) in [5.41, 5.74) is 0.272. The van der Waals surface area contributed by atoms with E-state index in [-0.39, 0.29) is 17.9 Å². The Bertz CT molecular complexity index is 562. The molecule has 0 bridgehead atoms. The molecule has 0 aliphatic heterocycles. The predicted octanol–water partition coefficient (Wildman–Crippen LogP) is 2.14. The molecule has 0 atom stereocenters. The number of anilines is 1. The van der Waals surface area contributed by atoms with Crippen LogP contribution in [0.25, 0.3) is 0 Å². The van der Waals surface area contributed by atoms with E-state index in [9.17, 15) is 14.5 Å². The lowest BCUT2D eigenvalue weighted by molar-refractivity contribution is -0.384. The van der Waals surface area contributed by atoms with Crippen molar-refractivity contribution in [2.75, 3.05) is 5.32 Å². The van der Waals surface area contributed by atoms with Gasteiger partial charge in [0.1, 0.15) is 12.0 Å². The molecule has 0 saturated carbocycles. The fourth-order valence-corrected chi connectivity index (χ4v) is 1.45. The second-order valence-corrected chi connectivity index (χ2v) is 3.49. The highest BCUT2D eigenvalue weighted by Crippen LogP contribution is 2.27. The van der Waals surface area contributed by atoms with Crippen LogP contribution in [0, 0.1) is 15.9 Å². The van der Waals surface area contributed by atoms with Crippen LogP contribution in [0.2, 0.25) is 0 Å². The van der Waals surface area contributed by atoms with Crippen LogP contribution in [0.4, 0.5) is 15.8 Å². The standard InChI is InChI=1S/C11H9FN4O2/c12-9-2-1-3-10(16(17)18)11(9)15-6-8-4-13-7-14-5-8/h1-5,7,15H,6H2. The highest BCUT2D eigenvalue weighted by molar-refractivity contribution is 5.62. The molecule has 0 amide bonds. The van der Waals surface area contributed by atoms with Crippen molar-refractivity contribution in [2.24, 2.45) is 0 Å². The molecule has 2 aromatic rings. The van der Waals surface area contributed by atoms with Gasteiger partial charge in [0, 0.05) is 30.6 Å². The first kappa shape index (κ1) is 11.9. The Kier molecular flexibility index (Phi) is 3.42. The molecule has 0 saturated heterocycles. The van der Waals surface area contributed by atoms with E-state index in [2.05, 4.69) is 15.3 Å². The number of nitrogens with zero attached hydrogens (tertiary/aromatic N) is 3. The first-order valence-electron chi connectivity index (χ1n) is 5.09. The van der Waals surface area contributed by atoms with Gasteiger partial charge in [0.05, 0.1) is 4.92 Å². The summed E-state index contributed by atoms with van der Waals surface area (Å²) in [6, 6.07) is 3.70. The van der Waals surface area contributed by atoms with E-state index in [1.165, 1.54) is 18.5 Å². The number of para-hydroxylation sites is 1. The summed E-state index contributed by atoms with van der Waals surface area (Å²) in [5.74, 6) is -0.666. The van der Waals surface area contributed by atoms with Gasteiger partial charge in [0.2, 0.25) is 0 Å². The van der Waals surface area contributed by atoms with Gasteiger partial charge in [0.15, 0.2) is 5.82 Å². The number of benzene rings is 1. The van der Waals surface area contributed by atoms with Crippen molar-refractivity contribution in [3.8, 4) is 0 Å². The normalized spacial score (nSPS) is 10.1. The van der Waals surface area contributed by atoms with Crippen molar-refractivity contribution in [1.82, 2.24) is 9.97 Å². The van der Waals surface area contributed by atoms with E-state index < -0.39 is 10.7 Å². The summed E-state index contributed by atoms with van der Waals surface area (Å²) in [4.78, 5) is 17.7. The van der Waals surface area contributed by atoms with Gasteiger partial charge in [-0.25, -0.2) is 14.4 Å². The van der Waals surface area contributed by atoms with Crippen LogP contribution >= 0.6 is 0 Å². The van der Waals surface area contributed by atoms with Gasteiger partial charge in [0.25, 0.3) is 5.69 Å². The van der Waals surface area contributed by atoms with Crippen LogP contribution in [0.5, 0.6) is 0 Å². The Morgan fingerprint density at radius 1 is 1.33 bits per heavy atom. The van der Waals surface area contributed by atoms with E-state index in [0.29, 0.717) is 5.56 Å². The van der Waals surface area contributed by atoms with Crippen LogP contribution in [-0.2, 0) is 6.54 Å². The zero-order chi connectivity index (χ0) is 13.0. The first-order valence-corrected chi connectivity index (χ1v) is 5.09. The lowest BCUT2D eigenvalue weighted by Crippen LogP contribution is -2.05. The zero-order valence-corrected chi connectivity index (χ0v) is 9.21. The number of aromatic nitrogens is 2. The van der Waals surface area contributed by atoms with Crippen molar-refractivity contribution in [3.63, 3.8) is 0 Å². The highest BCUT2D eigenvalue weighted by atomic mass is 19.1. The van der Waals surface area contributed by atoms with Gasteiger partial charge in [-0.2, -0.15) is 0 Å². The summed E-state index contributed by atoms with van der Waals surface area (Å²) >= 11 is 0. The molecule has 0 radical (unpaired) electrons. The summed E-state index contributed by atoms with van der Waals surface area (Å²) in [5, 5.41) is 13.4. The minimum atomic E-state index is -0.666. The van der Waals surface area contributed by atoms with E-state index in [4.69, 9.17) is 0 Å². The zero-order valence-electron chi connectivity index (χ0n) is 9.21.